The quantitative estimate of drug-likeness (QED) is 0.796. The summed E-state index contributed by atoms with van der Waals surface area (Å²) >= 11 is 5.77. The van der Waals surface area contributed by atoms with Crippen molar-refractivity contribution in [3.8, 4) is 0 Å². The molecule has 0 aliphatic carbocycles. The van der Waals surface area contributed by atoms with Crippen LogP contribution in [-0.2, 0) is 9.53 Å². The van der Waals surface area contributed by atoms with Gasteiger partial charge in [-0.3, -0.25) is 4.79 Å². The lowest BCUT2D eigenvalue weighted by molar-refractivity contribution is -0.126. The average Bonchev–Trinajstić information content (AvgIpc) is 2.29. The zero-order valence-electron chi connectivity index (χ0n) is 10.00. The van der Waals surface area contributed by atoms with Gasteiger partial charge in [-0.15, -0.1) is 0 Å². The highest BCUT2D eigenvalue weighted by molar-refractivity contribution is 6.31. The summed E-state index contributed by atoms with van der Waals surface area (Å²) in [7, 11) is 0. The number of nitrogens with two attached hydrogens (primary N) is 1. The Kier molecular flexibility index (Phi) is 5.25. The van der Waals surface area contributed by atoms with Crippen LogP contribution in [0.4, 0.5) is 11.4 Å². The first-order valence-corrected chi connectivity index (χ1v) is 5.90. The number of carbonyl (C=O) groups excluding carboxylic acids is 1. The minimum absolute atomic E-state index is 0.215. The summed E-state index contributed by atoms with van der Waals surface area (Å²) in [6, 6.07) is 4.93. The molecule has 1 unspecified atom stereocenters. The van der Waals surface area contributed by atoms with E-state index < -0.39 is 6.10 Å². The van der Waals surface area contributed by atoms with Gasteiger partial charge >= 0.3 is 0 Å². The zero-order chi connectivity index (χ0) is 12.8. The highest BCUT2D eigenvalue weighted by Crippen LogP contribution is 2.22. The van der Waals surface area contributed by atoms with Crippen molar-refractivity contribution in [1.29, 1.82) is 0 Å². The lowest BCUT2D eigenvalue weighted by Gasteiger charge is -2.14. The number of rotatable bonds is 5. The van der Waals surface area contributed by atoms with Gasteiger partial charge in [-0.2, -0.15) is 0 Å². The van der Waals surface area contributed by atoms with Gasteiger partial charge in [-0.1, -0.05) is 18.5 Å². The molecule has 94 valence electrons. The topological polar surface area (TPSA) is 64.3 Å². The van der Waals surface area contributed by atoms with E-state index in [0.717, 1.165) is 6.42 Å². The Morgan fingerprint density at radius 1 is 1.59 bits per heavy atom. The maximum absolute atomic E-state index is 11.7. The summed E-state index contributed by atoms with van der Waals surface area (Å²) in [5, 5.41) is 3.24. The second-order valence-corrected chi connectivity index (χ2v) is 4.17. The van der Waals surface area contributed by atoms with Crippen LogP contribution in [0.15, 0.2) is 18.2 Å². The molecule has 0 aliphatic rings. The number of amides is 1. The molecule has 1 aromatic carbocycles. The molecule has 1 atom stereocenters. The van der Waals surface area contributed by atoms with Gasteiger partial charge in [0.25, 0.3) is 5.91 Å². The first-order chi connectivity index (χ1) is 8.04. The number of nitrogen functional groups attached to an aromatic ring is 1. The molecule has 0 aliphatic heterocycles. The van der Waals surface area contributed by atoms with Crippen molar-refractivity contribution in [2.24, 2.45) is 0 Å². The van der Waals surface area contributed by atoms with Gasteiger partial charge in [0.05, 0.1) is 11.4 Å². The number of carbonyl (C=O) groups is 1. The van der Waals surface area contributed by atoms with Crippen molar-refractivity contribution in [3.63, 3.8) is 0 Å². The van der Waals surface area contributed by atoms with Crippen molar-refractivity contribution >= 4 is 28.9 Å². The highest BCUT2D eigenvalue weighted by Gasteiger charge is 2.14. The molecule has 0 saturated heterocycles. The van der Waals surface area contributed by atoms with Crippen molar-refractivity contribution in [1.82, 2.24) is 0 Å². The molecular weight excluding hydrogens is 240 g/mol. The van der Waals surface area contributed by atoms with Crippen LogP contribution in [0.2, 0.25) is 5.02 Å². The number of hydrogen-bond acceptors (Lipinski definition) is 3. The van der Waals surface area contributed by atoms with E-state index in [4.69, 9.17) is 22.1 Å². The summed E-state index contributed by atoms with van der Waals surface area (Å²) in [5.41, 5.74) is 6.72. The standard InChI is InChI=1S/C12H17ClN2O2/c1-3-6-17-8(2)12(16)15-11-5-4-9(13)7-10(11)14/h4-5,7-8H,3,6,14H2,1-2H3,(H,15,16). The Balaban J connectivity index is 2.61. The molecule has 0 bridgehead atoms. The van der Waals surface area contributed by atoms with E-state index in [1.54, 1.807) is 25.1 Å². The van der Waals surface area contributed by atoms with E-state index in [1.165, 1.54) is 0 Å². The highest BCUT2D eigenvalue weighted by atomic mass is 35.5. The molecule has 4 nitrogen and oxygen atoms in total. The number of halogens is 1. The van der Waals surface area contributed by atoms with Gasteiger partial charge in [-0.25, -0.2) is 0 Å². The smallest absolute Gasteiger partial charge is 0.253 e. The Hall–Kier alpha value is -1.26. The largest absolute Gasteiger partial charge is 0.397 e. The Morgan fingerprint density at radius 2 is 2.29 bits per heavy atom. The van der Waals surface area contributed by atoms with Gasteiger partial charge in [-0.05, 0) is 31.5 Å². The number of hydrogen-bond donors (Lipinski definition) is 2. The maximum atomic E-state index is 11.7. The van der Waals surface area contributed by atoms with Crippen LogP contribution in [0.25, 0.3) is 0 Å². The van der Waals surface area contributed by atoms with Crippen LogP contribution in [0.5, 0.6) is 0 Å². The third kappa shape index (κ3) is 4.24. The molecule has 0 saturated carbocycles. The van der Waals surface area contributed by atoms with E-state index in [0.29, 0.717) is 23.0 Å². The molecular formula is C12H17ClN2O2. The van der Waals surface area contributed by atoms with E-state index >= 15 is 0 Å². The third-order valence-electron chi connectivity index (χ3n) is 2.21. The fraction of sp³-hybridized carbons (Fsp3) is 0.417. The average molecular weight is 257 g/mol. The molecule has 0 radical (unpaired) electrons. The predicted octanol–water partition coefficient (Wildman–Crippen LogP) is 2.68. The first-order valence-electron chi connectivity index (χ1n) is 5.52. The van der Waals surface area contributed by atoms with Crippen molar-refractivity contribution < 1.29 is 9.53 Å². The molecule has 1 aromatic rings. The summed E-state index contributed by atoms with van der Waals surface area (Å²) < 4.78 is 5.31. The third-order valence-corrected chi connectivity index (χ3v) is 2.45. The maximum Gasteiger partial charge on any atom is 0.253 e. The predicted molar refractivity (Wildman–Crippen MR) is 70.2 cm³/mol. The number of ether oxygens (including phenoxy) is 1. The van der Waals surface area contributed by atoms with Gasteiger partial charge in [0, 0.05) is 11.6 Å². The summed E-state index contributed by atoms with van der Waals surface area (Å²) in [5.74, 6) is -0.215. The molecule has 1 amide bonds. The Morgan fingerprint density at radius 3 is 2.88 bits per heavy atom. The van der Waals surface area contributed by atoms with Crippen LogP contribution in [0.3, 0.4) is 0 Å². The molecule has 0 heterocycles. The first kappa shape index (κ1) is 13.8. The van der Waals surface area contributed by atoms with Crippen LogP contribution in [0, 0.1) is 0 Å². The van der Waals surface area contributed by atoms with Gasteiger partial charge < -0.3 is 15.8 Å². The fourth-order valence-corrected chi connectivity index (χ4v) is 1.43. The SMILES string of the molecule is CCCOC(C)C(=O)Nc1ccc(Cl)cc1N. The minimum atomic E-state index is -0.495. The normalized spacial score (nSPS) is 12.2. The Labute approximate surface area is 106 Å². The van der Waals surface area contributed by atoms with Crippen LogP contribution < -0.4 is 11.1 Å². The van der Waals surface area contributed by atoms with Gasteiger partial charge in [0.15, 0.2) is 0 Å². The van der Waals surface area contributed by atoms with Crippen LogP contribution in [-0.4, -0.2) is 18.6 Å². The molecule has 0 fully saturated rings. The second-order valence-electron chi connectivity index (χ2n) is 3.73. The lowest BCUT2D eigenvalue weighted by Crippen LogP contribution is -2.28. The molecule has 0 aromatic heterocycles. The van der Waals surface area contributed by atoms with E-state index in [9.17, 15) is 4.79 Å². The van der Waals surface area contributed by atoms with E-state index in [-0.39, 0.29) is 5.91 Å². The number of anilines is 2. The number of benzene rings is 1. The number of nitrogens with one attached hydrogen (secondary N) is 1. The van der Waals surface area contributed by atoms with Crippen molar-refractivity contribution in [3.05, 3.63) is 23.2 Å². The van der Waals surface area contributed by atoms with E-state index in [1.807, 2.05) is 6.92 Å². The summed E-state index contributed by atoms with van der Waals surface area (Å²) in [6.07, 6.45) is 0.380. The van der Waals surface area contributed by atoms with Gasteiger partial charge in [0.1, 0.15) is 6.10 Å². The summed E-state index contributed by atoms with van der Waals surface area (Å²) in [6.45, 7) is 4.25. The molecule has 17 heavy (non-hydrogen) atoms. The second kappa shape index (κ2) is 6.47. The lowest BCUT2D eigenvalue weighted by atomic mass is 10.2. The minimum Gasteiger partial charge on any atom is -0.397 e. The monoisotopic (exact) mass is 256 g/mol. The fourth-order valence-electron chi connectivity index (χ4n) is 1.25. The molecule has 5 heteroatoms. The summed E-state index contributed by atoms with van der Waals surface area (Å²) in [4.78, 5) is 11.7. The van der Waals surface area contributed by atoms with Crippen molar-refractivity contribution in [2.45, 2.75) is 26.4 Å². The molecule has 0 spiro atoms. The molecule has 1 rings (SSSR count). The zero-order valence-corrected chi connectivity index (χ0v) is 10.8. The van der Waals surface area contributed by atoms with Crippen LogP contribution in [0.1, 0.15) is 20.3 Å². The van der Waals surface area contributed by atoms with Gasteiger partial charge in [0.2, 0.25) is 0 Å². The Bertz CT molecular complexity index is 396. The van der Waals surface area contributed by atoms with Crippen molar-refractivity contribution in [2.75, 3.05) is 17.7 Å². The van der Waals surface area contributed by atoms with Crippen LogP contribution >= 0.6 is 11.6 Å². The van der Waals surface area contributed by atoms with E-state index in [2.05, 4.69) is 5.32 Å². The molecule has 3 N–H and O–H groups in total.